The van der Waals surface area contributed by atoms with E-state index in [0.717, 1.165) is 25.6 Å². The Kier molecular flexibility index (Phi) is 10.7. The highest BCUT2D eigenvalue weighted by molar-refractivity contribution is 14.0. The molecule has 1 saturated heterocycles. The lowest BCUT2D eigenvalue weighted by atomic mass is 9.64. The molecule has 0 spiro atoms. The van der Waals surface area contributed by atoms with E-state index >= 15 is 0 Å². The second kappa shape index (κ2) is 12.7. The number of guanidine groups is 1. The Hall–Kier alpha value is -0.860. The maximum Gasteiger partial charge on any atom is 0.191 e. The van der Waals surface area contributed by atoms with Gasteiger partial charge in [0.1, 0.15) is 0 Å². The first-order valence-corrected chi connectivity index (χ1v) is 11.2. The molecule has 1 aromatic carbocycles. The molecular formula is C23H40IN5. The van der Waals surface area contributed by atoms with Crippen molar-refractivity contribution in [3.63, 3.8) is 0 Å². The van der Waals surface area contributed by atoms with Gasteiger partial charge in [0.05, 0.1) is 6.54 Å². The highest BCUT2D eigenvalue weighted by Gasteiger charge is 2.38. The van der Waals surface area contributed by atoms with Crippen molar-refractivity contribution in [3.05, 3.63) is 35.9 Å². The molecule has 0 amide bonds. The summed E-state index contributed by atoms with van der Waals surface area (Å²) in [6.07, 6.45) is 6.28. The van der Waals surface area contributed by atoms with Crippen molar-refractivity contribution in [2.45, 2.75) is 44.4 Å². The molecule has 1 aliphatic carbocycles. The molecule has 0 aromatic heterocycles. The predicted molar refractivity (Wildman–Crippen MR) is 135 cm³/mol. The van der Waals surface area contributed by atoms with Crippen LogP contribution in [-0.2, 0) is 5.41 Å². The van der Waals surface area contributed by atoms with Crippen LogP contribution in [0.25, 0.3) is 0 Å². The fourth-order valence-electron chi connectivity index (χ4n) is 4.24. The fourth-order valence-corrected chi connectivity index (χ4v) is 4.24. The molecule has 2 fully saturated rings. The van der Waals surface area contributed by atoms with Gasteiger partial charge in [0.25, 0.3) is 0 Å². The van der Waals surface area contributed by atoms with E-state index in [1.54, 1.807) is 0 Å². The van der Waals surface area contributed by atoms with E-state index in [0.29, 0.717) is 0 Å². The van der Waals surface area contributed by atoms with Crippen LogP contribution in [0, 0.1) is 0 Å². The minimum Gasteiger partial charge on any atom is -0.357 e. The summed E-state index contributed by atoms with van der Waals surface area (Å²) in [5, 5.41) is 6.97. The van der Waals surface area contributed by atoms with Gasteiger partial charge in [0, 0.05) is 44.7 Å². The van der Waals surface area contributed by atoms with Gasteiger partial charge < -0.3 is 20.4 Å². The summed E-state index contributed by atoms with van der Waals surface area (Å²) in [5.41, 5.74) is 1.71. The molecule has 1 saturated carbocycles. The quantitative estimate of drug-likeness (QED) is 0.230. The molecule has 0 bridgehead atoms. The second-order valence-corrected chi connectivity index (χ2v) is 8.47. The first kappa shape index (κ1) is 24.4. The van der Waals surface area contributed by atoms with Gasteiger partial charge in [-0.2, -0.15) is 0 Å². The van der Waals surface area contributed by atoms with Gasteiger partial charge in [-0.25, -0.2) is 0 Å². The first-order valence-electron chi connectivity index (χ1n) is 11.2. The van der Waals surface area contributed by atoms with Gasteiger partial charge in [0.15, 0.2) is 5.96 Å². The Morgan fingerprint density at radius 2 is 1.76 bits per heavy atom. The number of piperazine rings is 1. The predicted octanol–water partition coefficient (Wildman–Crippen LogP) is 3.31. The Balaban J connectivity index is 0.00000300. The molecule has 2 N–H and O–H groups in total. The monoisotopic (exact) mass is 513 g/mol. The first-order chi connectivity index (χ1) is 13.7. The lowest BCUT2D eigenvalue weighted by molar-refractivity contribution is 0.152. The molecule has 164 valence electrons. The van der Waals surface area contributed by atoms with E-state index in [9.17, 15) is 0 Å². The maximum absolute atomic E-state index is 4.96. The summed E-state index contributed by atoms with van der Waals surface area (Å²) in [6, 6.07) is 11.0. The highest BCUT2D eigenvalue weighted by Crippen LogP contribution is 2.43. The van der Waals surface area contributed by atoms with Crippen LogP contribution in [0.5, 0.6) is 0 Å². The van der Waals surface area contributed by atoms with Gasteiger partial charge in [-0.3, -0.25) is 4.99 Å². The lowest BCUT2D eigenvalue weighted by Gasteiger charge is -2.41. The van der Waals surface area contributed by atoms with Crippen LogP contribution in [0.15, 0.2) is 35.3 Å². The summed E-state index contributed by atoms with van der Waals surface area (Å²) >= 11 is 0. The van der Waals surface area contributed by atoms with Crippen molar-refractivity contribution >= 4 is 29.9 Å². The molecule has 0 radical (unpaired) electrons. The van der Waals surface area contributed by atoms with Crippen molar-refractivity contribution in [2.75, 3.05) is 59.4 Å². The molecule has 0 atom stereocenters. The molecule has 1 heterocycles. The summed E-state index contributed by atoms with van der Waals surface area (Å²) in [6.45, 7) is 11.0. The highest BCUT2D eigenvalue weighted by atomic mass is 127. The number of nitrogens with zero attached hydrogens (tertiary/aromatic N) is 3. The van der Waals surface area contributed by atoms with Crippen LogP contribution >= 0.6 is 24.0 Å². The summed E-state index contributed by atoms with van der Waals surface area (Å²) in [5.74, 6) is 0.976. The Labute approximate surface area is 194 Å². The zero-order chi connectivity index (χ0) is 19.7. The molecule has 2 aliphatic rings. The SMILES string of the molecule is CCNC(=NCC1(c2ccccc2)CCC1)NCCCCN1CCN(C)CC1.I. The van der Waals surface area contributed by atoms with Crippen molar-refractivity contribution in [1.82, 2.24) is 20.4 Å². The number of nitrogens with one attached hydrogen (secondary N) is 2. The number of benzene rings is 1. The van der Waals surface area contributed by atoms with Crippen molar-refractivity contribution in [1.29, 1.82) is 0 Å². The lowest BCUT2D eigenvalue weighted by Crippen LogP contribution is -2.45. The molecule has 5 nitrogen and oxygen atoms in total. The molecule has 1 aliphatic heterocycles. The van der Waals surface area contributed by atoms with Crippen LogP contribution in [0.4, 0.5) is 0 Å². The molecule has 1 aromatic rings. The van der Waals surface area contributed by atoms with Crippen molar-refractivity contribution in [3.8, 4) is 0 Å². The molecule has 29 heavy (non-hydrogen) atoms. The second-order valence-electron chi connectivity index (χ2n) is 8.47. The Morgan fingerprint density at radius 1 is 1.03 bits per heavy atom. The van der Waals surface area contributed by atoms with E-state index in [2.05, 4.69) is 64.7 Å². The standard InChI is InChI=1S/C23H39N5.HI/c1-3-24-22(25-14-7-8-15-28-18-16-27(2)17-19-28)26-20-23(12-9-13-23)21-10-5-4-6-11-21;/h4-6,10-11H,3,7-9,12-20H2,1-2H3,(H2,24,25,26);1H. The average Bonchev–Trinajstić information content (AvgIpc) is 2.69. The normalized spacial score (nSPS) is 19.9. The summed E-state index contributed by atoms with van der Waals surface area (Å²) in [7, 11) is 2.22. The van der Waals surface area contributed by atoms with Crippen LogP contribution in [0.2, 0.25) is 0 Å². The number of hydrogen-bond acceptors (Lipinski definition) is 3. The largest absolute Gasteiger partial charge is 0.357 e. The van der Waals surface area contributed by atoms with E-state index < -0.39 is 0 Å². The number of rotatable bonds is 9. The van der Waals surface area contributed by atoms with Crippen molar-refractivity contribution in [2.24, 2.45) is 4.99 Å². The molecule has 6 heteroatoms. The number of unbranched alkanes of at least 4 members (excludes halogenated alkanes) is 1. The Bertz CT molecular complexity index is 595. The molecule has 0 unspecified atom stereocenters. The van der Waals surface area contributed by atoms with E-state index in [4.69, 9.17) is 4.99 Å². The van der Waals surface area contributed by atoms with E-state index in [1.165, 1.54) is 70.4 Å². The van der Waals surface area contributed by atoms with Crippen LogP contribution in [0.1, 0.15) is 44.6 Å². The Morgan fingerprint density at radius 3 is 2.38 bits per heavy atom. The van der Waals surface area contributed by atoms with E-state index in [-0.39, 0.29) is 29.4 Å². The molecule has 3 rings (SSSR count). The van der Waals surface area contributed by atoms with Crippen LogP contribution < -0.4 is 10.6 Å². The van der Waals surface area contributed by atoms with E-state index in [1.807, 2.05) is 0 Å². The van der Waals surface area contributed by atoms with Crippen LogP contribution in [0.3, 0.4) is 0 Å². The fraction of sp³-hybridized carbons (Fsp3) is 0.696. The minimum atomic E-state index is 0. The van der Waals surface area contributed by atoms with Gasteiger partial charge in [-0.1, -0.05) is 36.8 Å². The number of likely N-dealkylation sites (N-methyl/N-ethyl adjacent to an activating group) is 1. The number of hydrogen-bond donors (Lipinski definition) is 2. The maximum atomic E-state index is 4.96. The summed E-state index contributed by atoms with van der Waals surface area (Å²) in [4.78, 5) is 9.97. The van der Waals surface area contributed by atoms with Gasteiger partial charge >= 0.3 is 0 Å². The molecular weight excluding hydrogens is 473 g/mol. The van der Waals surface area contributed by atoms with Gasteiger partial charge in [0.2, 0.25) is 0 Å². The van der Waals surface area contributed by atoms with Crippen molar-refractivity contribution < 1.29 is 0 Å². The third kappa shape index (κ3) is 7.40. The minimum absolute atomic E-state index is 0. The third-order valence-corrected chi connectivity index (χ3v) is 6.37. The average molecular weight is 514 g/mol. The number of halogens is 1. The topological polar surface area (TPSA) is 42.9 Å². The van der Waals surface area contributed by atoms with Gasteiger partial charge in [-0.05, 0) is 51.8 Å². The smallest absolute Gasteiger partial charge is 0.191 e. The number of aliphatic imine (C=N–C) groups is 1. The summed E-state index contributed by atoms with van der Waals surface area (Å²) < 4.78 is 0. The zero-order valence-electron chi connectivity index (χ0n) is 18.3. The third-order valence-electron chi connectivity index (χ3n) is 6.37. The zero-order valence-corrected chi connectivity index (χ0v) is 20.7. The van der Waals surface area contributed by atoms with Gasteiger partial charge in [-0.15, -0.1) is 24.0 Å². The van der Waals surface area contributed by atoms with Crippen LogP contribution in [-0.4, -0.2) is 75.2 Å².